The minimum Gasteiger partial charge on any atom is -0.452 e. The molecule has 0 aliphatic carbocycles. The van der Waals surface area contributed by atoms with Gasteiger partial charge in [-0.1, -0.05) is 11.6 Å². The van der Waals surface area contributed by atoms with Crippen molar-refractivity contribution in [1.29, 1.82) is 0 Å². The number of nitrogens with one attached hydrogen (secondary N) is 1. The van der Waals surface area contributed by atoms with Crippen LogP contribution in [0.1, 0.15) is 13.8 Å². The highest BCUT2D eigenvalue weighted by molar-refractivity contribution is 7.98. The third-order valence-corrected chi connectivity index (χ3v) is 2.83. The van der Waals surface area contributed by atoms with Gasteiger partial charge in [0.15, 0.2) is 6.61 Å². The third-order valence-electron chi connectivity index (χ3n) is 2.11. The fraction of sp³-hybridized carbons (Fsp3) is 0.286. The van der Waals surface area contributed by atoms with Crippen molar-refractivity contribution in [2.45, 2.75) is 18.7 Å². The van der Waals surface area contributed by atoms with Crippen LogP contribution in [-0.2, 0) is 14.3 Å². The van der Waals surface area contributed by atoms with Gasteiger partial charge in [0.1, 0.15) is 0 Å². The molecule has 1 aromatic carbocycles. The maximum Gasteiger partial charge on any atom is 0.331 e. The van der Waals surface area contributed by atoms with E-state index in [4.69, 9.17) is 4.74 Å². The Morgan fingerprint density at radius 2 is 2.11 bits per heavy atom. The number of rotatable bonds is 5. The largest absolute Gasteiger partial charge is 0.452 e. The Morgan fingerprint density at radius 3 is 2.74 bits per heavy atom. The van der Waals surface area contributed by atoms with Crippen LogP contribution in [0.4, 0.5) is 5.69 Å². The number of carbonyl (C=O) groups excluding carboxylic acids is 2. The first-order valence-electron chi connectivity index (χ1n) is 5.77. The molecule has 0 radical (unpaired) electrons. The van der Waals surface area contributed by atoms with E-state index in [9.17, 15) is 9.59 Å². The molecule has 1 amide bonds. The van der Waals surface area contributed by atoms with Gasteiger partial charge in [0.05, 0.1) is 0 Å². The highest BCUT2D eigenvalue weighted by Crippen LogP contribution is 2.18. The number of benzene rings is 1. The van der Waals surface area contributed by atoms with Crippen LogP contribution in [0.5, 0.6) is 0 Å². The van der Waals surface area contributed by atoms with Crippen molar-refractivity contribution < 1.29 is 14.3 Å². The summed E-state index contributed by atoms with van der Waals surface area (Å²) >= 11 is 1.59. The van der Waals surface area contributed by atoms with E-state index >= 15 is 0 Å². The number of hydrogen-bond donors (Lipinski definition) is 1. The Kier molecular flexibility index (Phi) is 6.15. The third kappa shape index (κ3) is 6.10. The van der Waals surface area contributed by atoms with Gasteiger partial charge in [0.25, 0.3) is 5.91 Å². The summed E-state index contributed by atoms with van der Waals surface area (Å²) in [4.78, 5) is 23.9. The monoisotopic (exact) mass is 279 g/mol. The molecule has 102 valence electrons. The molecule has 0 saturated carbocycles. The van der Waals surface area contributed by atoms with Crippen molar-refractivity contribution in [3.63, 3.8) is 0 Å². The number of thioether (sulfide) groups is 1. The molecule has 0 heterocycles. The predicted octanol–water partition coefficient (Wildman–Crippen LogP) is 2.86. The second-order valence-electron chi connectivity index (χ2n) is 4.11. The van der Waals surface area contributed by atoms with Crippen molar-refractivity contribution in [2.24, 2.45) is 0 Å². The summed E-state index contributed by atoms with van der Waals surface area (Å²) < 4.78 is 4.81. The Labute approximate surface area is 117 Å². The number of carbonyl (C=O) groups is 2. The van der Waals surface area contributed by atoms with Crippen LogP contribution in [0, 0.1) is 0 Å². The lowest BCUT2D eigenvalue weighted by atomic mass is 10.3. The first-order valence-corrected chi connectivity index (χ1v) is 6.99. The summed E-state index contributed by atoms with van der Waals surface area (Å²) in [6, 6.07) is 7.46. The van der Waals surface area contributed by atoms with Gasteiger partial charge in [-0.25, -0.2) is 4.79 Å². The van der Waals surface area contributed by atoms with E-state index in [1.54, 1.807) is 31.7 Å². The SMILES string of the molecule is CSc1cccc(NC(=O)COC(=O)C=C(C)C)c1. The van der Waals surface area contributed by atoms with Gasteiger partial charge in [-0.3, -0.25) is 4.79 Å². The van der Waals surface area contributed by atoms with Gasteiger partial charge < -0.3 is 10.1 Å². The van der Waals surface area contributed by atoms with Gasteiger partial charge in [0.2, 0.25) is 0 Å². The number of ether oxygens (including phenoxy) is 1. The number of allylic oxidation sites excluding steroid dienone is 1. The zero-order chi connectivity index (χ0) is 14.3. The van der Waals surface area contributed by atoms with E-state index < -0.39 is 5.97 Å². The molecule has 0 unspecified atom stereocenters. The molecule has 0 aliphatic heterocycles. The molecule has 0 saturated heterocycles. The van der Waals surface area contributed by atoms with Crippen LogP contribution in [-0.4, -0.2) is 24.7 Å². The summed E-state index contributed by atoms with van der Waals surface area (Å²) in [5, 5.41) is 2.68. The normalized spacial score (nSPS) is 9.63. The summed E-state index contributed by atoms with van der Waals surface area (Å²) in [5.41, 5.74) is 1.52. The minimum atomic E-state index is -0.506. The lowest BCUT2D eigenvalue weighted by Crippen LogP contribution is -2.20. The maximum absolute atomic E-state index is 11.6. The number of esters is 1. The summed E-state index contributed by atoms with van der Waals surface area (Å²) in [6.45, 7) is 3.29. The average molecular weight is 279 g/mol. The molecule has 1 aromatic rings. The average Bonchev–Trinajstić information content (AvgIpc) is 2.36. The van der Waals surface area contributed by atoms with E-state index in [1.165, 1.54) is 6.08 Å². The number of hydrogen-bond acceptors (Lipinski definition) is 4. The van der Waals surface area contributed by atoms with Crippen molar-refractivity contribution in [3.8, 4) is 0 Å². The summed E-state index contributed by atoms with van der Waals surface area (Å²) in [6.07, 6.45) is 3.31. The Bertz CT molecular complexity index is 493. The minimum absolute atomic E-state index is 0.286. The molecule has 5 heteroatoms. The molecule has 0 fully saturated rings. The Balaban J connectivity index is 2.47. The standard InChI is InChI=1S/C14H17NO3S/c1-10(2)7-14(17)18-9-13(16)15-11-5-4-6-12(8-11)19-3/h4-8H,9H2,1-3H3,(H,15,16). The molecule has 0 aliphatic rings. The fourth-order valence-corrected chi connectivity index (χ4v) is 1.77. The van der Waals surface area contributed by atoms with Crippen LogP contribution in [0.3, 0.4) is 0 Å². The van der Waals surface area contributed by atoms with Gasteiger partial charge >= 0.3 is 5.97 Å². The van der Waals surface area contributed by atoms with Crippen molar-refractivity contribution in [1.82, 2.24) is 0 Å². The zero-order valence-corrected chi connectivity index (χ0v) is 12.0. The first kappa shape index (κ1) is 15.3. The molecular formula is C14H17NO3S. The first-order chi connectivity index (χ1) is 9.01. The smallest absolute Gasteiger partial charge is 0.331 e. The summed E-state index contributed by atoms with van der Waals surface area (Å²) in [5.74, 6) is -0.859. The molecule has 1 N–H and O–H groups in total. The van der Waals surface area contributed by atoms with Gasteiger partial charge in [-0.05, 0) is 38.3 Å². The Hall–Kier alpha value is -1.75. The van der Waals surface area contributed by atoms with Crippen molar-refractivity contribution in [2.75, 3.05) is 18.2 Å². The topological polar surface area (TPSA) is 55.4 Å². The highest BCUT2D eigenvalue weighted by Gasteiger charge is 2.06. The van der Waals surface area contributed by atoms with Crippen LogP contribution in [0.25, 0.3) is 0 Å². The zero-order valence-electron chi connectivity index (χ0n) is 11.2. The highest BCUT2D eigenvalue weighted by atomic mass is 32.2. The molecule has 4 nitrogen and oxygen atoms in total. The van der Waals surface area contributed by atoms with Crippen LogP contribution < -0.4 is 5.32 Å². The maximum atomic E-state index is 11.6. The molecule has 1 rings (SSSR count). The predicted molar refractivity (Wildman–Crippen MR) is 77.2 cm³/mol. The lowest BCUT2D eigenvalue weighted by Gasteiger charge is -2.06. The summed E-state index contributed by atoms with van der Waals surface area (Å²) in [7, 11) is 0. The molecule has 0 bridgehead atoms. The van der Waals surface area contributed by atoms with Crippen molar-refractivity contribution in [3.05, 3.63) is 35.9 Å². The van der Waals surface area contributed by atoms with E-state index in [-0.39, 0.29) is 12.5 Å². The van der Waals surface area contributed by atoms with Crippen LogP contribution in [0.2, 0.25) is 0 Å². The lowest BCUT2D eigenvalue weighted by molar-refractivity contribution is -0.142. The number of amides is 1. The van der Waals surface area contributed by atoms with E-state index in [1.807, 2.05) is 24.5 Å². The van der Waals surface area contributed by atoms with Gasteiger partial charge in [-0.15, -0.1) is 11.8 Å². The molecule has 0 aromatic heterocycles. The van der Waals surface area contributed by atoms with Gasteiger partial charge in [-0.2, -0.15) is 0 Å². The molecule has 0 atom stereocenters. The second-order valence-corrected chi connectivity index (χ2v) is 4.99. The van der Waals surface area contributed by atoms with E-state index in [0.29, 0.717) is 5.69 Å². The number of anilines is 1. The molecule has 19 heavy (non-hydrogen) atoms. The van der Waals surface area contributed by atoms with E-state index in [0.717, 1.165) is 10.5 Å². The second kappa shape index (κ2) is 7.63. The van der Waals surface area contributed by atoms with Crippen LogP contribution >= 0.6 is 11.8 Å². The van der Waals surface area contributed by atoms with Gasteiger partial charge in [0, 0.05) is 16.7 Å². The van der Waals surface area contributed by atoms with E-state index in [2.05, 4.69) is 5.32 Å². The van der Waals surface area contributed by atoms with Crippen LogP contribution in [0.15, 0.2) is 40.8 Å². The Morgan fingerprint density at radius 1 is 1.37 bits per heavy atom. The molecule has 0 spiro atoms. The fourth-order valence-electron chi connectivity index (χ4n) is 1.31. The molecular weight excluding hydrogens is 262 g/mol. The van der Waals surface area contributed by atoms with Crippen molar-refractivity contribution >= 4 is 29.3 Å². The quantitative estimate of drug-likeness (QED) is 0.511.